The van der Waals surface area contributed by atoms with Crippen molar-refractivity contribution in [2.45, 2.75) is 71.0 Å². The number of carboxylic acid groups (broad SMARTS) is 1. The molecular weight excluding hydrogens is 371 g/mol. The molecule has 5 heteroatoms. The highest BCUT2D eigenvalue weighted by molar-refractivity contribution is 5.67. The number of benzene rings is 2. The van der Waals surface area contributed by atoms with Gasteiger partial charge in [-0.05, 0) is 80.8 Å². The number of hydrogen-bond donors (Lipinski definition) is 1. The molecule has 4 rings (SSSR count). The molecule has 0 radical (unpaired) electrons. The Balaban J connectivity index is 1.52. The van der Waals surface area contributed by atoms with Gasteiger partial charge in [-0.1, -0.05) is 6.07 Å². The van der Waals surface area contributed by atoms with Crippen LogP contribution in [-0.4, -0.2) is 16.7 Å². The predicted molar refractivity (Wildman–Crippen MR) is 108 cm³/mol. The van der Waals surface area contributed by atoms with E-state index in [1.54, 1.807) is 6.07 Å². The summed E-state index contributed by atoms with van der Waals surface area (Å²) >= 11 is 0. The lowest BCUT2D eigenvalue weighted by Crippen LogP contribution is -2.30. The van der Waals surface area contributed by atoms with Gasteiger partial charge in [-0.2, -0.15) is 0 Å². The Morgan fingerprint density at radius 1 is 1.17 bits per heavy atom. The molecule has 2 aromatic rings. The lowest BCUT2D eigenvalue weighted by molar-refractivity contribution is -0.136. The minimum absolute atomic E-state index is 0.106. The number of aryl methyl sites for hydroxylation is 1. The normalized spacial score (nSPS) is 16.7. The van der Waals surface area contributed by atoms with Crippen molar-refractivity contribution in [1.82, 2.24) is 0 Å². The standard InChI is InChI=1S/C24H27FO4/c1-15-16(2)21(7-5-17(15)6-8-22(26)27)28-14-19-12-20(25)11-18-13-24(29-23(18)19)9-3-4-10-24/h5,7,11-12H,3-4,6,8-10,13-14H2,1-2H3,(H,26,27). The first-order chi connectivity index (χ1) is 13.9. The first-order valence-corrected chi connectivity index (χ1v) is 10.3. The van der Waals surface area contributed by atoms with Crippen molar-refractivity contribution in [3.05, 3.63) is 57.9 Å². The van der Waals surface area contributed by atoms with Gasteiger partial charge in [-0.3, -0.25) is 4.79 Å². The summed E-state index contributed by atoms with van der Waals surface area (Å²) in [5.74, 6) is 0.467. The summed E-state index contributed by atoms with van der Waals surface area (Å²) in [4.78, 5) is 10.8. The van der Waals surface area contributed by atoms with E-state index >= 15 is 0 Å². The van der Waals surface area contributed by atoms with E-state index in [9.17, 15) is 9.18 Å². The Morgan fingerprint density at radius 2 is 1.93 bits per heavy atom. The molecule has 4 nitrogen and oxygen atoms in total. The molecule has 0 bridgehead atoms. The van der Waals surface area contributed by atoms with Crippen LogP contribution >= 0.6 is 0 Å². The number of carboxylic acids is 1. The van der Waals surface area contributed by atoms with E-state index in [1.165, 1.54) is 6.07 Å². The summed E-state index contributed by atoms with van der Waals surface area (Å²) in [6.45, 7) is 4.19. The van der Waals surface area contributed by atoms with Crippen LogP contribution in [0.15, 0.2) is 24.3 Å². The maximum absolute atomic E-state index is 14.2. The maximum Gasteiger partial charge on any atom is 0.303 e. The highest BCUT2D eigenvalue weighted by atomic mass is 19.1. The van der Waals surface area contributed by atoms with E-state index in [0.717, 1.165) is 71.4 Å². The fourth-order valence-corrected chi connectivity index (χ4v) is 4.66. The van der Waals surface area contributed by atoms with Gasteiger partial charge in [0.15, 0.2) is 0 Å². The Bertz CT molecular complexity index is 944. The highest BCUT2D eigenvalue weighted by Gasteiger charge is 2.42. The summed E-state index contributed by atoms with van der Waals surface area (Å²) in [6, 6.07) is 6.90. The molecule has 1 saturated carbocycles. The number of fused-ring (bicyclic) bond motifs is 1. The van der Waals surface area contributed by atoms with Gasteiger partial charge >= 0.3 is 5.97 Å². The van der Waals surface area contributed by atoms with Crippen molar-refractivity contribution in [1.29, 1.82) is 0 Å². The Kier molecular flexibility index (Phi) is 5.24. The third kappa shape index (κ3) is 3.96. The van der Waals surface area contributed by atoms with E-state index in [0.29, 0.717) is 6.42 Å². The molecule has 1 fully saturated rings. The smallest absolute Gasteiger partial charge is 0.303 e. The van der Waals surface area contributed by atoms with Crippen LogP contribution in [0.4, 0.5) is 4.39 Å². The molecule has 1 heterocycles. The van der Waals surface area contributed by atoms with Crippen molar-refractivity contribution in [3.63, 3.8) is 0 Å². The molecular formula is C24H27FO4. The summed E-state index contributed by atoms with van der Waals surface area (Å²) in [6.07, 6.45) is 5.76. The lowest BCUT2D eigenvalue weighted by atomic mass is 9.95. The van der Waals surface area contributed by atoms with Crippen LogP contribution in [0.2, 0.25) is 0 Å². The zero-order valence-electron chi connectivity index (χ0n) is 17.0. The first kappa shape index (κ1) is 19.7. The van der Waals surface area contributed by atoms with Crippen molar-refractivity contribution in [2.24, 2.45) is 0 Å². The zero-order chi connectivity index (χ0) is 20.6. The third-order valence-electron chi connectivity index (χ3n) is 6.39. The number of aliphatic carboxylic acids is 1. The summed E-state index contributed by atoms with van der Waals surface area (Å²) in [5, 5.41) is 8.91. The van der Waals surface area contributed by atoms with Gasteiger partial charge in [0.1, 0.15) is 29.5 Å². The molecule has 0 unspecified atom stereocenters. The molecule has 2 aliphatic rings. The summed E-state index contributed by atoms with van der Waals surface area (Å²) in [7, 11) is 0. The maximum atomic E-state index is 14.2. The van der Waals surface area contributed by atoms with E-state index in [-0.39, 0.29) is 24.4 Å². The largest absolute Gasteiger partial charge is 0.488 e. The Morgan fingerprint density at radius 3 is 2.66 bits per heavy atom. The topological polar surface area (TPSA) is 55.8 Å². The molecule has 0 saturated heterocycles. The van der Waals surface area contributed by atoms with Crippen LogP contribution in [0.1, 0.15) is 59.9 Å². The van der Waals surface area contributed by atoms with Gasteiger partial charge < -0.3 is 14.6 Å². The molecule has 0 aromatic heterocycles. The summed E-state index contributed by atoms with van der Waals surface area (Å²) in [5.41, 5.74) is 4.57. The van der Waals surface area contributed by atoms with Crippen LogP contribution in [-0.2, 0) is 24.2 Å². The molecule has 1 aliphatic heterocycles. The van der Waals surface area contributed by atoms with Gasteiger partial charge in [-0.25, -0.2) is 4.39 Å². The highest BCUT2D eigenvalue weighted by Crippen LogP contribution is 2.46. The lowest BCUT2D eigenvalue weighted by Gasteiger charge is -2.23. The molecule has 1 N–H and O–H groups in total. The first-order valence-electron chi connectivity index (χ1n) is 10.3. The molecule has 29 heavy (non-hydrogen) atoms. The SMILES string of the molecule is Cc1c(CCC(=O)O)ccc(OCc2cc(F)cc3c2OC2(CCCC2)C3)c1C. The average molecular weight is 398 g/mol. The van der Waals surface area contributed by atoms with Crippen LogP contribution in [0.3, 0.4) is 0 Å². The van der Waals surface area contributed by atoms with E-state index in [4.69, 9.17) is 14.6 Å². The molecule has 154 valence electrons. The second-order valence-corrected chi connectivity index (χ2v) is 8.38. The van der Waals surface area contributed by atoms with Gasteiger partial charge in [0, 0.05) is 24.0 Å². The number of ether oxygens (including phenoxy) is 2. The second-order valence-electron chi connectivity index (χ2n) is 8.38. The zero-order valence-corrected chi connectivity index (χ0v) is 17.0. The molecule has 0 amide bonds. The fourth-order valence-electron chi connectivity index (χ4n) is 4.66. The van der Waals surface area contributed by atoms with Crippen LogP contribution in [0.25, 0.3) is 0 Å². The van der Waals surface area contributed by atoms with Gasteiger partial charge in [0.2, 0.25) is 0 Å². The number of halogens is 1. The molecule has 0 atom stereocenters. The van der Waals surface area contributed by atoms with E-state index in [1.807, 2.05) is 26.0 Å². The van der Waals surface area contributed by atoms with Crippen LogP contribution in [0, 0.1) is 19.7 Å². The second kappa shape index (κ2) is 7.69. The predicted octanol–water partition coefficient (Wildman–Crippen LogP) is 5.29. The minimum atomic E-state index is -0.803. The average Bonchev–Trinajstić information content (AvgIpc) is 3.28. The minimum Gasteiger partial charge on any atom is -0.488 e. The van der Waals surface area contributed by atoms with Gasteiger partial charge in [0.05, 0.1) is 0 Å². The Labute approximate surface area is 170 Å². The van der Waals surface area contributed by atoms with Crippen LogP contribution in [0.5, 0.6) is 11.5 Å². The third-order valence-corrected chi connectivity index (χ3v) is 6.39. The monoisotopic (exact) mass is 398 g/mol. The quantitative estimate of drug-likeness (QED) is 0.719. The van der Waals surface area contributed by atoms with Crippen molar-refractivity contribution < 1.29 is 23.8 Å². The molecule has 1 aliphatic carbocycles. The van der Waals surface area contributed by atoms with Gasteiger partial charge in [0.25, 0.3) is 0 Å². The van der Waals surface area contributed by atoms with Crippen LogP contribution < -0.4 is 9.47 Å². The van der Waals surface area contributed by atoms with Crippen molar-refractivity contribution >= 4 is 5.97 Å². The fraction of sp³-hybridized carbons (Fsp3) is 0.458. The van der Waals surface area contributed by atoms with Crippen molar-refractivity contribution in [3.8, 4) is 11.5 Å². The van der Waals surface area contributed by atoms with Gasteiger partial charge in [-0.15, -0.1) is 0 Å². The number of carbonyl (C=O) groups is 1. The molecule has 2 aromatic carbocycles. The Hall–Kier alpha value is -2.56. The van der Waals surface area contributed by atoms with Crippen molar-refractivity contribution in [2.75, 3.05) is 0 Å². The van der Waals surface area contributed by atoms with E-state index in [2.05, 4.69) is 0 Å². The summed E-state index contributed by atoms with van der Waals surface area (Å²) < 4.78 is 26.6. The number of hydrogen-bond acceptors (Lipinski definition) is 3. The van der Waals surface area contributed by atoms with E-state index < -0.39 is 5.97 Å². The molecule has 1 spiro atoms. The number of rotatable bonds is 6.